The zero-order valence-corrected chi connectivity index (χ0v) is 21.9. The Bertz CT molecular complexity index is 1360. The van der Waals surface area contributed by atoms with Crippen LogP contribution in [0, 0.1) is 5.92 Å². The molecule has 0 bridgehead atoms. The summed E-state index contributed by atoms with van der Waals surface area (Å²) in [5, 5.41) is 0. The van der Waals surface area contributed by atoms with Crippen molar-refractivity contribution in [3.63, 3.8) is 0 Å². The first-order valence-electron chi connectivity index (χ1n) is 11.8. The fourth-order valence-corrected chi connectivity index (χ4v) is 6.90. The third-order valence-corrected chi connectivity index (χ3v) is 9.03. The van der Waals surface area contributed by atoms with E-state index >= 15 is 0 Å². The number of hydrogen-bond donors (Lipinski definition) is 0. The Hall–Kier alpha value is -2.53. The molecule has 0 N–H and O–H groups in total. The predicted octanol–water partition coefficient (Wildman–Crippen LogP) is 3.91. The standard InChI is InChI=1S/C25H31N3O5S2/c1-4-33-15-14-28-22-12-9-20(32-3)16-23(22)34-25(28)26-24(29)19-7-10-21(11-8-19)35(30,31)27-13-5-6-18(2)17-27/h7-12,16,18H,4-6,13-15,17H2,1-3H3. The van der Waals surface area contributed by atoms with Crippen LogP contribution in [0.1, 0.15) is 37.0 Å². The van der Waals surface area contributed by atoms with Gasteiger partial charge in [-0.25, -0.2) is 8.42 Å². The Balaban J connectivity index is 1.63. The minimum absolute atomic E-state index is 0.198. The summed E-state index contributed by atoms with van der Waals surface area (Å²) in [5.41, 5.74) is 1.28. The van der Waals surface area contributed by atoms with Crippen LogP contribution < -0.4 is 9.54 Å². The predicted molar refractivity (Wildman–Crippen MR) is 136 cm³/mol. The van der Waals surface area contributed by atoms with Crippen LogP contribution in [0.5, 0.6) is 5.75 Å². The number of rotatable bonds is 8. The molecule has 0 saturated carbocycles. The number of ether oxygens (including phenoxy) is 2. The van der Waals surface area contributed by atoms with E-state index in [0.29, 0.717) is 49.1 Å². The smallest absolute Gasteiger partial charge is 0.279 e. The first kappa shape index (κ1) is 25.6. The summed E-state index contributed by atoms with van der Waals surface area (Å²) in [5.74, 6) is 0.645. The van der Waals surface area contributed by atoms with Crippen LogP contribution in [-0.4, -0.2) is 56.6 Å². The average Bonchev–Trinajstić information content (AvgIpc) is 3.20. The molecule has 1 amide bonds. The van der Waals surface area contributed by atoms with Crippen LogP contribution in [0.25, 0.3) is 10.2 Å². The number of carbonyl (C=O) groups is 1. The van der Waals surface area contributed by atoms with Gasteiger partial charge >= 0.3 is 0 Å². The number of benzene rings is 2. The third kappa shape index (κ3) is 5.66. The first-order valence-corrected chi connectivity index (χ1v) is 14.0. The molecule has 10 heteroatoms. The van der Waals surface area contributed by atoms with Crippen molar-refractivity contribution in [2.75, 3.05) is 33.4 Å². The number of piperidine rings is 1. The van der Waals surface area contributed by atoms with E-state index in [0.717, 1.165) is 28.8 Å². The quantitative estimate of drug-likeness (QED) is 0.423. The molecule has 1 aliphatic heterocycles. The molecule has 2 heterocycles. The number of sulfonamides is 1. The van der Waals surface area contributed by atoms with Gasteiger partial charge in [0.15, 0.2) is 4.80 Å². The largest absolute Gasteiger partial charge is 0.497 e. The highest BCUT2D eigenvalue weighted by Gasteiger charge is 2.28. The van der Waals surface area contributed by atoms with Gasteiger partial charge in [-0.15, -0.1) is 0 Å². The minimum atomic E-state index is -3.58. The minimum Gasteiger partial charge on any atom is -0.497 e. The highest BCUT2D eigenvalue weighted by Crippen LogP contribution is 2.25. The van der Waals surface area contributed by atoms with Gasteiger partial charge in [-0.3, -0.25) is 4.79 Å². The summed E-state index contributed by atoms with van der Waals surface area (Å²) in [6.07, 6.45) is 1.90. The maximum atomic E-state index is 13.0. The summed E-state index contributed by atoms with van der Waals surface area (Å²) in [7, 11) is -1.96. The van der Waals surface area contributed by atoms with Crippen molar-refractivity contribution < 1.29 is 22.7 Å². The molecule has 2 aromatic carbocycles. The lowest BCUT2D eigenvalue weighted by Crippen LogP contribution is -2.39. The summed E-state index contributed by atoms with van der Waals surface area (Å²) in [6.45, 7) is 6.71. The Morgan fingerprint density at radius 3 is 2.66 bits per heavy atom. The molecule has 1 unspecified atom stereocenters. The lowest BCUT2D eigenvalue weighted by atomic mass is 10.0. The average molecular weight is 518 g/mol. The highest BCUT2D eigenvalue weighted by atomic mass is 32.2. The van der Waals surface area contributed by atoms with Gasteiger partial charge in [0.05, 0.1) is 28.8 Å². The zero-order valence-electron chi connectivity index (χ0n) is 20.3. The van der Waals surface area contributed by atoms with Gasteiger partial charge in [-0.1, -0.05) is 18.3 Å². The zero-order chi connectivity index (χ0) is 25.0. The van der Waals surface area contributed by atoms with E-state index in [2.05, 4.69) is 11.9 Å². The van der Waals surface area contributed by atoms with E-state index in [1.54, 1.807) is 7.11 Å². The number of carbonyl (C=O) groups excluding carboxylic acids is 1. The number of aromatic nitrogens is 1. The number of fused-ring (bicyclic) bond motifs is 1. The molecule has 188 valence electrons. The Morgan fingerprint density at radius 2 is 1.97 bits per heavy atom. The molecule has 0 spiro atoms. The van der Waals surface area contributed by atoms with E-state index in [1.807, 2.05) is 29.7 Å². The second-order valence-electron chi connectivity index (χ2n) is 8.62. The van der Waals surface area contributed by atoms with Gasteiger partial charge in [-0.2, -0.15) is 9.30 Å². The fraction of sp³-hybridized carbons (Fsp3) is 0.440. The van der Waals surface area contributed by atoms with Crippen LogP contribution in [0.3, 0.4) is 0 Å². The third-order valence-electron chi connectivity index (χ3n) is 6.11. The number of methoxy groups -OCH3 is 1. The number of amides is 1. The van der Waals surface area contributed by atoms with Crippen molar-refractivity contribution in [1.29, 1.82) is 0 Å². The summed E-state index contributed by atoms with van der Waals surface area (Å²) >= 11 is 1.40. The maximum Gasteiger partial charge on any atom is 0.279 e. The molecular formula is C25H31N3O5S2. The Labute approximate surface area is 209 Å². The molecule has 8 nitrogen and oxygen atoms in total. The van der Waals surface area contributed by atoms with Crippen molar-refractivity contribution >= 4 is 37.5 Å². The molecular weight excluding hydrogens is 486 g/mol. The van der Waals surface area contributed by atoms with Crippen LogP contribution in [-0.2, 0) is 21.3 Å². The number of thiazole rings is 1. The molecule has 3 aromatic rings. The normalized spacial score (nSPS) is 17.7. The summed E-state index contributed by atoms with van der Waals surface area (Å²) in [4.78, 5) is 18.1. The Kier molecular flexibility index (Phi) is 8.05. The van der Waals surface area contributed by atoms with Crippen molar-refractivity contribution in [2.24, 2.45) is 10.9 Å². The lowest BCUT2D eigenvalue weighted by Gasteiger charge is -2.30. The van der Waals surface area contributed by atoms with E-state index < -0.39 is 15.9 Å². The van der Waals surface area contributed by atoms with Crippen molar-refractivity contribution in [3.8, 4) is 5.75 Å². The number of nitrogens with zero attached hydrogens (tertiary/aromatic N) is 3. The molecule has 0 aliphatic carbocycles. The molecule has 35 heavy (non-hydrogen) atoms. The maximum absolute atomic E-state index is 13.0. The first-order chi connectivity index (χ1) is 16.8. The van der Waals surface area contributed by atoms with Crippen LogP contribution in [0.4, 0.5) is 0 Å². The van der Waals surface area contributed by atoms with Gasteiger partial charge in [0.1, 0.15) is 5.75 Å². The van der Waals surface area contributed by atoms with Crippen LogP contribution in [0.2, 0.25) is 0 Å². The monoisotopic (exact) mass is 517 g/mol. The molecule has 1 saturated heterocycles. The van der Waals surface area contributed by atoms with Gasteiger partial charge in [-0.05, 0) is 68.1 Å². The van der Waals surface area contributed by atoms with Crippen LogP contribution >= 0.6 is 11.3 Å². The molecule has 4 rings (SSSR count). The molecule has 1 aromatic heterocycles. The summed E-state index contributed by atoms with van der Waals surface area (Å²) < 4.78 is 41.3. The Morgan fingerprint density at radius 1 is 1.20 bits per heavy atom. The van der Waals surface area contributed by atoms with Gasteiger partial charge in [0, 0.05) is 31.8 Å². The lowest BCUT2D eigenvalue weighted by molar-refractivity contribution is 0.0996. The van der Waals surface area contributed by atoms with E-state index in [-0.39, 0.29) is 4.90 Å². The molecule has 1 aliphatic rings. The van der Waals surface area contributed by atoms with Gasteiger partial charge < -0.3 is 14.0 Å². The van der Waals surface area contributed by atoms with Gasteiger partial charge in [0.25, 0.3) is 5.91 Å². The summed E-state index contributed by atoms with van der Waals surface area (Å²) in [6, 6.07) is 11.8. The highest BCUT2D eigenvalue weighted by molar-refractivity contribution is 7.89. The van der Waals surface area contributed by atoms with Crippen molar-refractivity contribution in [1.82, 2.24) is 8.87 Å². The van der Waals surface area contributed by atoms with Gasteiger partial charge in [0.2, 0.25) is 10.0 Å². The fourth-order valence-electron chi connectivity index (χ4n) is 4.22. The van der Waals surface area contributed by atoms with E-state index in [1.165, 1.54) is 39.9 Å². The second-order valence-corrected chi connectivity index (χ2v) is 11.6. The van der Waals surface area contributed by atoms with Crippen LogP contribution in [0.15, 0.2) is 52.4 Å². The topological polar surface area (TPSA) is 90.2 Å². The SMILES string of the molecule is CCOCCn1c(=NC(=O)c2ccc(S(=O)(=O)N3CCCC(C)C3)cc2)sc2cc(OC)ccc21. The number of hydrogen-bond acceptors (Lipinski definition) is 6. The van der Waals surface area contributed by atoms with E-state index in [4.69, 9.17) is 9.47 Å². The molecule has 1 atom stereocenters. The van der Waals surface area contributed by atoms with Crippen molar-refractivity contribution in [2.45, 2.75) is 38.1 Å². The van der Waals surface area contributed by atoms with Crippen molar-refractivity contribution in [3.05, 3.63) is 52.8 Å². The molecule has 1 fully saturated rings. The van der Waals surface area contributed by atoms with E-state index in [9.17, 15) is 13.2 Å². The molecule has 0 radical (unpaired) electrons. The second kappa shape index (κ2) is 11.0.